The molecule has 23 heavy (non-hydrogen) atoms. The first-order valence-electron chi connectivity index (χ1n) is 7.26. The molecule has 1 aliphatic carbocycles. The Labute approximate surface area is 140 Å². The van der Waals surface area contributed by atoms with Crippen LogP contribution in [0.4, 0.5) is 0 Å². The zero-order valence-corrected chi connectivity index (χ0v) is 14.1. The lowest BCUT2D eigenvalue weighted by Gasteiger charge is -2.26. The number of halogens is 1. The van der Waals surface area contributed by atoms with Gasteiger partial charge in [0.05, 0.1) is 0 Å². The molecular formula is C14H20ClN3O4S. The minimum atomic E-state index is -3.83. The molecule has 0 aliphatic heterocycles. The third-order valence-corrected chi connectivity index (χ3v) is 5.44. The van der Waals surface area contributed by atoms with Crippen LogP contribution in [0.2, 0.25) is 5.02 Å². The van der Waals surface area contributed by atoms with Gasteiger partial charge in [-0.2, -0.15) is 0 Å². The van der Waals surface area contributed by atoms with E-state index in [0.29, 0.717) is 12.8 Å². The number of rotatable bonds is 6. The molecule has 0 spiro atoms. The van der Waals surface area contributed by atoms with Crippen LogP contribution in [0.1, 0.15) is 25.7 Å². The van der Waals surface area contributed by atoms with Gasteiger partial charge in [0.1, 0.15) is 10.6 Å². The number of hydrogen-bond donors (Lipinski definition) is 3. The standard InChI is InChI=1S/C14H20ClN3O4S/c15-9-1-6-12(22-8-14(17)19)13(7-9)23(20,21)18-11-4-2-10(16)3-5-11/h1,6-7,10-11,18H,2-5,8,16H2,(H2,17,19). The van der Waals surface area contributed by atoms with E-state index in [4.69, 9.17) is 27.8 Å². The fourth-order valence-corrected chi connectivity index (χ4v) is 4.19. The monoisotopic (exact) mass is 361 g/mol. The van der Waals surface area contributed by atoms with E-state index in [9.17, 15) is 13.2 Å². The van der Waals surface area contributed by atoms with Crippen molar-refractivity contribution in [3.63, 3.8) is 0 Å². The van der Waals surface area contributed by atoms with Crippen LogP contribution in [0.5, 0.6) is 5.75 Å². The van der Waals surface area contributed by atoms with E-state index >= 15 is 0 Å². The van der Waals surface area contributed by atoms with E-state index in [1.807, 2.05) is 0 Å². The number of benzene rings is 1. The van der Waals surface area contributed by atoms with Crippen molar-refractivity contribution in [2.75, 3.05) is 6.61 Å². The lowest BCUT2D eigenvalue weighted by Crippen LogP contribution is -2.40. The lowest BCUT2D eigenvalue weighted by molar-refractivity contribution is -0.120. The Hall–Kier alpha value is -1.35. The minimum Gasteiger partial charge on any atom is -0.482 e. The summed E-state index contributed by atoms with van der Waals surface area (Å²) in [5.41, 5.74) is 10.9. The number of nitrogens with two attached hydrogens (primary N) is 2. The summed E-state index contributed by atoms with van der Waals surface area (Å²) in [5, 5.41) is 0.252. The Morgan fingerprint density at radius 3 is 2.57 bits per heavy atom. The van der Waals surface area contributed by atoms with E-state index in [1.54, 1.807) is 0 Å². The van der Waals surface area contributed by atoms with Gasteiger partial charge in [-0.25, -0.2) is 13.1 Å². The van der Waals surface area contributed by atoms with Gasteiger partial charge in [-0.1, -0.05) is 11.6 Å². The Kier molecular flexibility index (Phi) is 5.85. The fourth-order valence-electron chi connectivity index (χ4n) is 2.48. The molecule has 1 aliphatic rings. The summed E-state index contributed by atoms with van der Waals surface area (Å²) in [6.45, 7) is -0.414. The van der Waals surface area contributed by atoms with Crippen LogP contribution in [0, 0.1) is 0 Å². The van der Waals surface area contributed by atoms with Crippen molar-refractivity contribution in [2.45, 2.75) is 42.7 Å². The normalized spacial score (nSPS) is 21.8. The van der Waals surface area contributed by atoms with Crippen molar-refractivity contribution in [3.8, 4) is 5.75 Å². The molecule has 0 unspecified atom stereocenters. The average molecular weight is 362 g/mol. The summed E-state index contributed by atoms with van der Waals surface area (Å²) < 4.78 is 33.0. The summed E-state index contributed by atoms with van der Waals surface area (Å²) >= 11 is 5.89. The molecule has 1 aromatic rings. The molecule has 7 nitrogen and oxygen atoms in total. The zero-order chi connectivity index (χ0) is 17.0. The van der Waals surface area contributed by atoms with Gasteiger partial charge in [0.25, 0.3) is 5.91 Å². The molecular weight excluding hydrogens is 342 g/mol. The molecule has 0 atom stereocenters. The first kappa shape index (κ1) is 18.0. The van der Waals surface area contributed by atoms with Crippen LogP contribution in [0.25, 0.3) is 0 Å². The van der Waals surface area contributed by atoms with Gasteiger partial charge in [-0.3, -0.25) is 4.79 Å². The highest BCUT2D eigenvalue weighted by atomic mass is 35.5. The molecule has 1 amide bonds. The molecule has 0 saturated heterocycles. The summed E-state index contributed by atoms with van der Waals surface area (Å²) in [6.07, 6.45) is 2.90. The van der Waals surface area contributed by atoms with Crippen molar-refractivity contribution >= 4 is 27.5 Å². The summed E-state index contributed by atoms with van der Waals surface area (Å²) in [7, 11) is -3.83. The van der Waals surface area contributed by atoms with E-state index in [1.165, 1.54) is 18.2 Å². The molecule has 0 radical (unpaired) electrons. The van der Waals surface area contributed by atoms with E-state index in [0.717, 1.165) is 12.8 Å². The van der Waals surface area contributed by atoms with Crippen LogP contribution >= 0.6 is 11.6 Å². The highest BCUT2D eigenvalue weighted by molar-refractivity contribution is 7.89. The predicted octanol–water partition coefficient (Wildman–Crippen LogP) is 0.752. The SMILES string of the molecule is NC(=O)COc1ccc(Cl)cc1S(=O)(=O)NC1CCC(N)CC1. The first-order valence-corrected chi connectivity index (χ1v) is 9.12. The molecule has 2 rings (SSSR count). The lowest BCUT2D eigenvalue weighted by atomic mass is 9.93. The van der Waals surface area contributed by atoms with E-state index in [-0.39, 0.29) is 27.8 Å². The maximum absolute atomic E-state index is 12.6. The highest BCUT2D eigenvalue weighted by Crippen LogP contribution is 2.28. The Morgan fingerprint density at radius 2 is 1.96 bits per heavy atom. The zero-order valence-electron chi connectivity index (χ0n) is 12.5. The molecule has 1 fully saturated rings. The molecule has 0 heterocycles. The maximum atomic E-state index is 12.6. The van der Waals surface area contributed by atoms with Gasteiger partial charge < -0.3 is 16.2 Å². The van der Waals surface area contributed by atoms with Gasteiger partial charge in [0, 0.05) is 17.1 Å². The second-order valence-corrected chi connectivity index (χ2v) is 7.70. The van der Waals surface area contributed by atoms with Crippen molar-refractivity contribution in [1.82, 2.24) is 4.72 Å². The Bertz CT molecular complexity index is 673. The van der Waals surface area contributed by atoms with Crippen molar-refractivity contribution in [2.24, 2.45) is 11.5 Å². The van der Waals surface area contributed by atoms with Gasteiger partial charge in [0.2, 0.25) is 10.0 Å². The van der Waals surface area contributed by atoms with Crippen molar-refractivity contribution in [1.29, 1.82) is 0 Å². The topological polar surface area (TPSA) is 125 Å². The number of primary amides is 1. The number of amides is 1. The van der Waals surface area contributed by atoms with E-state index in [2.05, 4.69) is 4.72 Å². The number of ether oxygens (including phenoxy) is 1. The number of sulfonamides is 1. The number of nitrogens with one attached hydrogen (secondary N) is 1. The highest BCUT2D eigenvalue weighted by Gasteiger charge is 2.27. The summed E-state index contributed by atoms with van der Waals surface area (Å²) in [5.74, 6) is -0.661. The molecule has 0 aromatic heterocycles. The fraction of sp³-hybridized carbons (Fsp3) is 0.500. The van der Waals surface area contributed by atoms with Crippen LogP contribution in [-0.4, -0.2) is 33.0 Å². The second-order valence-electron chi connectivity index (χ2n) is 5.58. The largest absolute Gasteiger partial charge is 0.482 e. The summed E-state index contributed by atoms with van der Waals surface area (Å²) in [4.78, 5) is 10.7. The Morgan fingerprint density at radius 1 is 1.30 bits per heavy atom. The molecule has 1 saturated carbocycles. The second kappa shape index (κ2) is 7.48. The minimum absolute atomic E-state index is 0.0354. The molecule has 9 heteroatoms. The van der Waals surface area contributed by atoms with Crippen molar-refractivity contribution in [3.05, 3.63) is 23.2 Å². The number of carbonyl (C=O) groups excluding carboxylic acids is 1. The van der Waals surface area contributed by atoms with Crippen molar-refractivity contribution < 1.29 is 17.9 Å². The molecule has 128 valence electrons. The average Bonchev–Trinajstić information content (AvgIpc) is 2.48. The quantitative estimate of drug-likeness (QED) is 0.689. The molecule has 1 aromatic carbocycles. The van der Waals surface area contributed by atoms with Crippen LogP contribution in [0.15, 0.2) is 23.1 Å². The third kappa shape index (κ3) is 5.07. The van der Waals surface area contributed by atoms with Crippen LogP contribution < -0.4 is 20.9 Å². The van der Waals surface area contributed by atoms with Gasteiger partial charge in [-0.15, -0.1) is 0 Å². The third-order valence-electron chi connectivity index (χ3n) is 3.66. The Balaban J connectivity index is 2.20. The predicted molar refractivity (Wildman–Crippen MR) is 86.7 cm³/mol. The van der Waals surface area contributed by atoms with Gasteiger partial charge in [0.15, 0.2) is 6.61 Å². The van der Waals surface area contributed by atoms with Gasteiger partial charge >= 0.3 is 0 Å². The van der Waals surface area contributed by atoms with Crippen LogP contribution in [-0.2, 0) is 14.8 Å². The number of carbonyl (C=O) groups is 1. The van der Waals surface area contributed by atoms with E-state index < -0.39 is 22.5 Å². The number of hydrogen-bond acceptors (Lipinski definition) is 5. The first-order chi connectivity index (χ1) is 10.8. The van der Waals surface area contributed by atoms with Gasteiger partial charge in [-0.05, 0) is 43.9 Å². The molecule has 5 N–H and O–H groups in total. The summed E-state index contributed by atoms with van der Waals surface area (Å²) in [6, 6.07) is 4.11. The maximum Gasteiger partial charge on any atom is 0.255 e. The smallest absolute Gasteiger partial charge is 0.255 e. The molecule has 0 bridgehead atoms. The van der Waals surface area contributed by atoms with Crippen LogP contribution in [0.3, 0.4) is 0 Å².